The van der Waals surface area contributed by atoms with Gasteiger partial charge in [0.05, 0.1) is 0 Å². The van der Waals surface area contributed by atoms with Gasteiger partial charge < -0.3 is 4.90 Å². The fourth-order valence-corrected chi connectivity index (χ4v) is 5.80. The summed E-state index contributed by atoms with van der Waals surface area (Å²) in [5.41, 5.74) is 3.55. The largest absolute Gasteiger partial charge is 0.311 e. The van der Waals surface area contributed by atoms with Crippen LogP contribution in [0.4, 0.5) is 17.1 Å². The van der Waals surface area contributed by atoms with Gasteiger partial charge in [-0.15, -0.1) is 35.3 Å². The minimum Gasteiger partial charge on any atom is -0.311 e. The normalized spacial score (nSPS) is 11.5. The number of anilines is 3. The van der Waals surface area contributed by atoms with E-state index in [1.807, 2.05) is 35.3 Å². The number of nitrogens with zero attached hydrogens (tertiary/aromatic N) is 1. The summed E-state index contributed by atoms with van der Waals surface area (Å²) >= 11 is 5.70. The number of thioether (sulfide) groups is 3. The first-order valence-corrected chi connectivity index (χ1v) is 13.6. The van der Waals surface area contributed by atoms with Crippen LogP contribution >= 0.6 is 35.3 Å². The van der Waals surface area contributed by atoms with Crippen molar-refractivity contribution < 1.29 is 0 Å². The molecule has 0 spiro atoms. The van der Waals surface area contributed by atoms with Crippen molar-refractivity contribution in [2.75, 3.05) is 4.90 Å². The first kappa shape index (κ1) is 24.2. The van der Waals surface area contributed by atoms with E-state index in [-0.39, 0.29) is 0 Å². The highest BCUT2D eigenvalue weighted by Crippen LogP contribution is 2.38. The van der Waals surface area contributed by atoms with Gasteiger partial charge in [-0.1, -0.05) is 41.5 Å². The summed E-state index contributed by atoms with van der Waals surface area (Å²) in [6, 6.07) is 26.8. The van der Waals surface area contributed by atoms with Crippen LogP contribution in [-0.2, 0) is 0 Å². The summed E-state index contributed by atoms with van der Waals surface area (Å²) in [7, 11) is 0. The molecule has 0 unspecified atom stereocenters. The van der Waals surface area contributed by atoms with Crippen LogP contribution in [0.2, 0.25) is 0 Å². The quantitative estimate of drug-likeness (QED) is 0.288. The number of rotatable bonds is 9. The highest BCUT2D eigenvalue weighted by Gasteiger charge is 2.13. The fraction of sp³-hybridized carbons (Fsp3) is 0.333. The van der Waals surface area contributed by atoms with Gasteiger partial charge in [0.15, 0.2) is 0 Å². The maximum absolute atomic E-state index is 2.34. The lowest BCUT2D eigenvalue weighted by atomic mass is 10.2. The van der Waals surface area contributed by atoms with Crippen LogP contribution in [-0.4, -0.2) is 15.7 Å². The molecule has 3 rings (SSSR count). The molecule has 0 bridgehead atoms. The molecule has 0 N–H and O–H groups in total. The second-order valence-corrected chi connectivity index (χ2v) is 13.3. The standard InChI is InChI=1S/C27H33NS3/c1-19(2)29-25-13-7-22(8-14-25)28(23-9-15-26(16-10-23)30-20(3)4)24-11-17-27(18-12-24)31-21(5)6/h7-21H,1-6H3. The SMILES string of the molecule is CC(C)Sc1ccc(N(c2ccc(SC(C)C)cc2)c2ccc(SC(C)C)cc2)cc1. The third-order valence-corrected chi connectivity index (χ3v) is 7.45. The molecule has 0 amide bonds. The average molecular weight is 468 g/mol. The van der Waals surface area contributed by atoms with Gasteiger partial charge in [0.2, 0.25) is 0 Å². The molecule has 0 saturated carbocycles. The molecule has 0 aliphatic rings. The van der Waals surface area contributed by atoms with E-state index < -0.39 is 0 Å². The lowest BCUT2D eigenvalue weighted by Gasteiger charge is -2.26. The Morgan fingerprint density at radius 2 is 0.645 bits per heavy atom. The van der Waals surface area contributed by atoms with Crippen molar-refractivity contribution in [2.45, 2.75) is 72.0 Å². The molecule has 3 aromatic carbocycles. The molecule has 31 heavy (non-hydrogen) atoms. The zero-order valence-corrected chi connectivity index (χ0v) is 21.8. The van der Waals surface area contributed by atoms with Gasteiger partial charge in [-0.05, 0) is 72.8 Å². The second kappa shape index (κ2) is 11.4. The minimum absolute atomic E-state index is 0.582. The Balaban J connectivity index is 1.95. The third kappa shape index (κ3) is 7.27. The highest BCUT2D eigenvalue weighted by atomic mass is 32.2. The van der Waals surface area contributed by atoms with E-state index in [0.29, 0.717) is 15.7 Å². The Morgan fingerprint density at radius 3 is 0.839 bits per heavy atom. The molecular formula is C27H33NS3. The van der Waals surface area contributed by atoms with Crippen LogP contribution < -0.4 is 4.90 Å². The van der Waals surface area contributed by atoms with Gasteiger partial charge >= 0.3 is 0 Å². The molecule has 164 valence electrons. The lowest BCUT2D eigenvalue weighted by molar-refractivity contribution is 1.11. The van der Waals surface area contributed by atoms with E-state index in [4.69, 9.17) is 0 Å². The van der Waals surface area contributed by atoms with Gasteiger partial charge in [0.1, 0.15) is 0 Å². The maximum atomic E-state index is 2.34. The second-order valence-electron chi connectivity index (χ2n) is 8.32. The maximum Gasteiger partial charge on any atom is 0.0462 e. The van der Waals surface area contributed by atoms with Crippen molar-refractivity contribution >= 4 is 52.3 Å². The van der Waals surface area contributed by atoms with Crippen LogP contribution in [0, 0.1) is 0 Å². The molecule has 0 heterocycles. The van der Waals surface area contributed by atoms with Crippen LogP contribution in [0.15, 0.2) is 87.5 Å². The first-order chi connectivity index (χ1) is 14.8. The Bertz CT molecular complexity index is 803. The predicted octanol–water partition coefficient (Wildman–Crippen LogP) is 9.66. The van der Waals surface area contributed by atoms with Gasteiger partial charge in [0.25, 0.3) is 0 Å². The van der Waals surface area contributed by atoms with Crippen LogP contribution in [0.1, 0.15) is 41.5 Å². The number of hydrogen-bond donors (Lipinski definition) is 0. The molecular weight excluding hydrogens is 435 g/mol. The van der Waals surface area contributed by atoms with Crippen molar-refractivity contribution in [3.63, 3.8) is 0 Å². The molecule has 0 aliphatic carbocycles. The molecule has 0 radical (unpaired) electrons. The van der Waals surface area contributed by atoms with Gasteiger partial charge in [-0.3, -0.25) is 0 Å². The van der Waals surface area contributed by atoms with Crippen molar-refractivity contribution in [1.82, 2.24) is 0 Å². The summed E-state index contributed by atoms with van der Waals surface area (Å²) in [5, 5.41) is 1.75. The van der Waals surface area contributed by atoms with Gasteiger partial charge in [-0.2, -0.15) is 0 Å². The Hall–Kier alpha value is -1.49. The average Bonchev–Trinajstić information content (AvgIpc) is 2.71. The van der Waals surface area contributed by atoms with Crippen molar-refractivity contribution in [3.8, 4) is 0 Å². The molecule has 0 aliphatic heterocycles. The third-order valence-electron chi connectivity index (χ3n) is 4.40. The molecule has 3 aromatic rings. The highest BCUT2D eigenvalue weighted by molar-refractivity contribution is 8.00. The van der Waals surface area contributed by atoms with Crippen molar-refractivity contribution in [2.24, 2.45) is 0 Å². The molecule has 0 atom stereocenters. The molecule has 0 aromatic heterocycles. The monoisotopic (exact) mass is 467 g/mol. The van der Waals surface area contributed by atoms with Crippen LogP contribution in [0.25, 0.3) is 0 Å². The summed E-state index contributed by atoms with van der Waals surface area (Å²) in [6.45, 7) is 13.4. The predicted molar refractivity (Wildman–Crippen MR) is 144 cm³/mol. The van der Waals surface area contributed by atoms with E-state index in [9.17, 15) is 0 Å². The summed E-state index contributed by atoms with van der Waals surface area (Å²) in [5.74, 6) is 0. The van der Waals surface area contributed by atoms with Crippen molar-refractivity contribution in [1.29, 1.82) is 0 Å². The first-order valence-electron chi connectivity index (χ1n) is 10.9. The fourth-order valence-electron chi connectivity index (χ4n) is 3.29. The Labute approximate surface area is 201 Å². The van der Waals surface area contributed by atoms with Crippen LogP contribution in [0.5, 0.6) is 0 Å². The zero-order valence-electron chi connectivity index (χ0n) is 19.3. The van der Waals surface area contributed by atoms with Crippen LogP contribution in [0.3, 0.4) is 0 Å². The zero-order chi connectivity index (χ0) is 22.4. The van der Waals surface area contributed by atoms with E-state index in [2.05, 4.69) is 119 Å². The van der Waals surface area contributed by atoms with E-state index in [1.165, 1.54) is 31.7 Å². The number of hydrogen-bond acceptors (Lipinski definition) is 4. The summed E-state index contributed by atoms with van der Waals surface area (Å²) in [6.07, 6.45) is 0. The smallest absolute Gasteiger partial charge is 0.0462 e. The van der Waals surface area contributed by atoms with Gasteiger partial charge in [-0.25, -0.2) is 0 Å². The van der Waals surface area contributed by atoms with E-state index in [1.54, 1.807) is 0 Å². The van der Waals surface area contributed by atoms with Gasteiger partial charge in [0, 0.05) is 47.5 Å². The molecule has 4 heteroatoms. The molecule has 0 saturated heterocycles. The summed E-state index contributed by atoms with van der Waals surface area (Å²) in [4.78, 5) is 6.28. The minimum atomic E-state index is 0.582. The Morgan fingerprint density at radius 1 is 0.419 bits per heavy atom. The topological polar surface area (TPSA) is 3.24 Å². The van der Waals surface area contributed by atoms with E-state index in [0.717, 1.165) is 0 Å². The van der Waals surface area contributed by atoms with E-state index >= 15 is 0 Å². The molecule has 1 nitrogen and oxygen atoms in total. The lowest BCUT2D eigenvalue weighted by Crippen LogP contribution is -2.09. The number of benzene rings is 3. The molecule has 0 fully saturated rings. The van der Waals surface area contributed by atoms with Crippen molar-refractivity contribution in [3.05, 3.63) is 72.8 Å². The summed E-state index contributed by atoms with van der Waals surface area (Å²) < 4.78 is 0. The Kier molecular flexibility index (Phi) is 8.88.